The van der Waals surface area contributed by atoms with Crippen molar-refractivity contribution < 1.29 is 46.6 Å². The number of hydrogen-bond acceptors (Lipinski definition) is 6. The third-order valence-electron chi connectivity index (χ3n) is 10.2. The van der Waals surface area contributed by atoms with Crippen LogP contribution in [0.1, 0.15) is 45.1 Å². The average molecular weight is 570 g/mol. The number of aliphatic hydroxyl groups excluding tert-OH is 2. The predicted octanol–water partition coefficient (Wildman–Crippen LogP) is 4.69. The number of rotatable bonds is 5. The molecule has 3 fully saturated rings. The summed E-state index contributed by atoms with van der Waals surface area (Å²) in [5.74, 6) is -3.00. The number of ketones is 2. The second-order valence-corrected chi connectivity index (χ2v) is 11.9. The molecule has 4 aliphatic rings. The van der Waals surface area contributed by atoms with E-state index in [4.69, 9.17) is 4.84 Å². The van der Waals surface area contributed by atoms with Crippen LogP contribution >= 0.6 is 0 Å². The summed E-state index contributed by atoms with van der Waals surface area (Å²) < 4.78 is 73.0. The molecule has 40 heavy (non-hydrogen) atoms. The van der Waals surface area contributed by atoms with Crippen molar-refractivity contribution >= 4 is 17.3 Å². The number of allylic oxidation sites excluding steroid dienone is 4. The first-order chi connectivity index (χ1) is 18.5. The molecular formula is C29H32F5NO5. The van der Waals surface area contributed by atoms with Crippen molar-refractivity contribution in [2.24, 2.45) is 22.7 Å². The number of carbonyl (C=O) groups is 2. The number of halogens is 5. The van der Waals surface area contributed by atoms with Gasteiger partial charge in [0.15, 0.2) is 22.8 Å². The Morgan fingerprint density at radius 3 is 2.58 bits per heavy atom. The van der Waals surface area contributed by atoms with Gasteiger partial charge < -0.3 is 10.2 Å². The lowest BCUT2D eigenvalue weighted by Gasteiger charge is -2.63. The Morgan fingerprint density at radius 1 is 1.23 bits per heavy atom. The molecule has 0 aromatic heterocycles. The maximum atomic E-state index is 17.3. The number of nitrogens with zero attached hydrogens (tertiary/aromatic N) is 1. The Kier molecular flexibility index (Phi) is 6.63. The fourth-order valence-corrected chi connectivity index (χ4v) is 8.14. The van der Waals surface area contributed by atoms with Gasteiger partial charge >= 0.3 is 6.18 Å². The molecule has 4 aliphatic carbocycles. The molecule has 5 rings (SSSR count). The van der Waals surface area contributed by atoms with Crippen LogP contribution in [0, 0.1) is 22.7 Å². The Hall–Kier alpha value is -2.63. The van der Waals surface area contributed by atoms with E-state index in [0.717, 1.165) is 23.3 Å². The molecule has 0 bridgehead atoms. The zero-order valence-corrected chi connectivity index (χ0v) is 22.3. The first-order valence-corrected chi connectivity index (χ1v) is 13.3. The second kappa shape index (κ2) is 9.19. The highest BCUT2D eigenvalue weighted by molar-refractivity contribution is 6.01. The number of hydrogen-bond donors (Lipinski definition) is 2. The summed E-state index contributed by atoms with van der Waals surface area (Å²) in [6, 6.07) is 4.31. The predicted molar refractivity (Wildman–Crippen MR) is 134 cm³/mol. The lowest BCUT2D eigenvalue weighted by Crippen LogP contribution is -2.71. The van der Waals surface area contributed by atoms with Crippen molar-refractivity contribution in [3.05, 3.63) is 53.6 Å². The van der Waals surface area contributed by atoms with Gasteiger partial charge in [-0.25, -0.2) is 8.78 Å². The summed E-state index contributed by atoms with van der Waals surface area (Å²) in [4.78, 5) is 31.6. The van der Waals surface area contributed by atoms with E-state index in [1.807, 2.05) is 0 Å². The van der Waals surface area contributed by atoms with Gasteiger partial charge in [0.05, 0.1) is 17.4 Å². The van der Waals surface area contributed by atoms with Crippen LogP contribution in [0.3, 0.4) is 0 Å². The van der Waals surface area contributed by atoms with E-state index in [-0.39, 0.29) is 36.9 Å². The molecule has 0 amide bonds. The van der Waals surface area contributed by atoms with Crippen molar-refractivity contribution in [1.29, 1.82) is 0 Å². The largest absolute Gasteiger partial charge is 0.416 e. The Morgan fingerprint density at radius 2 is 1.93 bits per heavy atom. The summed E-state index contributed by atoms with van der Waals surface area (Å²) in [7, 11) is 1.33. The van der Waals surface area contributed by atoms with Gasteiger partial charge in [-0.15, -0.1) is 0 Å². The van der Waals surface area contributed by atoms with E-state index >= 15 is 8.78 Å². The van der Waals surface area contributed by atoms with Gasteiger partial charge in [-0.05, 0) is 74.4 Å². The number of hydroxylamine groups is 1. The van der Waals surface area contributed by atoms with Gasteiger partial charge in [0, 0.05) is 23.8 Å². The number of carbonyl (C=O) groups excluding carboxylic acids is 2. The van der Waals surface area contributed by atoms with Crippen molar-refractivity contribution in [3.8, 4) is 0 Å². The van der Waals surface area contributed by atoms with E-state index in [9.17, 15) is 33.0 Å². The smallest absolute Gasteiger partial charge is 0.390 e. The SMILES string of the molecule is CN(O[C@]1(C(=O)CO)CCC2[C@@H]3C[C@H](F)C4=CC(=O)C=C[C@]4(C)[C@@]3(F)[C@@H](O)C[C@@]21C)c1cccc(C(F)(F)F)c1. The quantitative estimate of drug-likeness (QED) is 0.395. The van der Waals surface area contributed by atoms with Gasteiger partial charge in [-0.1, -0.05) is 19.1 Å². The van der Waals surface area contributed by atoms with Crippen LogP contribution in [0.15, 0.2) is 48.1 Å². The topological polar surface area (TPSA) is 87.1 Å². The summed E-state index contributed by atoms with van der Waals surface area (Å²) in [6.45, 7) is 2.13. The summed E-state index contributed by atoms with van der Waals surface area (Å²) in [5.41, 5.74) is -8.09. The molecule has 3 saturated carbocycles. The Labute approximate surface area is 228 Å². The molecule has 1 unspecified atom stereocenters. The van der Waals surface area contributed by atoms with E-state index in [1.165, 1.54) is 38.3 Å². The van der Waals surface area contributed by atoms with Crippen molar-refractivity contribution in [2.75, 3.05) is 18.7 Å². The fourth-order valence-electron chi connectivity index (χ4n) is 8.14. The Balaban J connectivity index is 1.56. The highest BCUT2D eigenvalue weighted by Gasteiger charge is 2.76. The maximum Gasteiger partial charge on any atom is 0.416 e. The molecule has 1 aromatic carbocycles. The third kappa shape index (κ3) is 3.76. The zero-order chi connectivity index (χ0) is 29.5. The maximum absolute atomic E-state index is 17.3. The molecule has 0 spiro atoms. The lowest BCUT2D eigenvalue weighted by atomic mass is 9.44. The van der Waals surface area contributed by atoms with Crippen LogP contribution in [0.4, 0.5) is 27.6 Å². The first-order valence-electron chi connectivity index (χ1n) is 13.3. The molecule has 0 aliphatic heterocycles. The third-order valence-corrected chi connectivity index (χ3v) is 10.2. The van der Waals surface area contributed by atoms with Crippen LogP contribution in [-0.2, 0) is 20.6 Å². The summed E-state index contributed by atoms with van der Waals surface area (Å²) >= 11 is 0. The molecule has 11 heteroatoms. The zero-order valence-electron chi connectivity index (χ0n) is 22.3. The number of benzene rings is 1. The van der Waals surface area contributed by atoms with Crippen molar-refractivity contribution in [3.63, 3.8) is 0 Å². The van der Waals surface area contributed by atoms with E-state index < -0.39 is 76.1 Å². The highest BCUT2D eigenvalue weighted by atomic mass is 19.4. The minimum absolute atomic E-state index is 0.0102. The molecule has 218 valence electrons. The molecule has 2 N–H and O–H groups in total. The van der Waals surface area contributed by atoms with Crippen LogP contribution in [0.25, 0.3) is 0 Å². The minimum atomic E-state index is -4.62. The Bertz CT molecular complexity index is 1300. The van der Waals surface area contributed by atoms with Gasteiger partial charge in [0.2, 0.25) is 0 Å². The monoisotopic (exact) mass is 569 g/mol. The highest BCUT2D eigenvalue weighted by Crippen LogP contribution is 2.70. The standard InChI is InChI=1S/C29H32F5NO5/c1-25-9-7-18(37)12-21(25)22(30)13-20-19-8-10-27(24(39)15-36,26(19,2)14-23(38)28(20,25)31)40-35(3)17-6-4-5-16(11-17)29(32,33)34/h4-7,9,11-12,19-20,22-23,36,38H,8,10,13-15H2,1-3H3/t19?,20-,22-,23-,25-,26-,27-,28-/m0/s1. The van der Waals surface area contributed by atoms with Crippen LogP contribution in [0.5, 0.6) is 0 Å². The van der Waals surface area contributed by atoms with Crippen LogP contribution in [-0.4, -0.2) is 59.0 Å². The molecule has 0 saturated heterocycles. The van der Waals surface area contributed by atoms with E-state index in [0.29, 0.717) is 0 Å². The van der Waals surface area contributed by atoms with Gasteiger partial charge in [-0.2, -0.15) is 13.2 Å². The fraction of sp³-hybridized carbons (Fsp3) is 0.586. The number of fused-ring (bicyclic) bond motifs is 5. The van der Waals surface area contributed by atoms with Crippen LogP contribution < -0.4 is 5.06 Å². The van der Waals surface area contributed by atoms with Gasteiger partial charge in [0.25, 0.3) is 0 Å². The first kappa shape index (κ1) is 28.9. The van der Waals surface area contributed by atoms with E-state index in [1.54, 1.807) is 6.92 Å². The van der Waals surface area contributed by atoms with Crippen LogP contribution in [0.2, 0.25) is 0 Å². The lowest BCUT2D eigenvalue weighted by molar-refractivity contribution is -0.231. The number of aliphatic hydroxyl groups is 2. The molecule has 1 aromatic rings. The van der Waals surface area contributed by atoms with Gasteiger partial charge in [-0.3, -0.25) is 19.5 Å². The minimum Gasteiger partial charge on any atom is -0.390 e. The molecular weight excluding hydrogens is 537 g/mol. The molecule has 0 radical (unpaired) electrons. The molecule has 0 heterocycles. The molecule has 8 atom stereocenters. The summed E-state index contributed by atoms with van der Waals surface area (Å²) in [5, 5.41) is 22.5. The van der Waals surface area contributed by atoms with E-state index in [2.05, 4.69) is 0 Å². The van der Waals surface area contributed by atoms with Gasteiger partial charge in [0.1, 0.15) is 12.8 Å². The second-order valence-electron chi connectivity index (χ2n) is 11.9. The summed E-state index contributed by atoms with van der Waals surface area (Å²) in [6.07, 6.45) is -4.89. The van der Waals surface area contributed by atoms with Crippen molar-refractivity contribution in [1.82, 2.24) is 0 Å². The average Bonchev–Trinajstić information content (AvgIpc) is 3.18. The molecule has 6 nitrogen and oxygen atoms in total. The van der Waals surface area contributed by atoms with Crippen molar-refractivity contribution in [2.45, 2.75) is 69.3 Å². The number of Topliss-reactive ketones (excluding diaryl/α,β-unsaturated/α-hetero) is 1. The number of anilines is 1. The normalized spacial score (nSPS) is 40.6. The number of alkyl halides is 5.